The summed E-state index contributed by atoms with van der Waals surface area (Å²) >= 11 is 0. The summed E-state index contributed by atoms with van der Waals surface area (Å²) in [6.07, 6.45) is 4.68. The van der Waals surface area contributed by atoms with E-state index in [0.29, 0.717) is 13.2 Å². The number of hydrogen-bond donors (Lipinski definition) is 2. The number of amides is 1. The zero-order valence-electron chi connectivity index (χ0n) is 10.5. The molecule has 0 spiro atoms. The molecule has 1 aromatic rings. The SMILES string of the molecule is COCCC1(CNC(=O)c2ncccc2O)CC1. The standard InChI is InChI=1S/C13H18N2O3/c1-18-8-6-13(4-5-13)9-15-12(17)11-10(16)3-2-7-14-11/h2-3,7,16H,4-6,8-9H2,1H3,(H,15,17). The van der Waals surface area contributed by atoms with Gasteiger partial charge < -0.3 is 15.2 Å². The second-order valence-electron chi connectivity index (χ2n) is 4.80. The lowest BCUT2D eigenvalue weighted by Gasteiger charge is -2.15. The molecule has 2 rings (SSSR count). The first-order valence-electron chi connectivity index (χ1n) is 6.08. The van der Waals surface area contributed by atoms with Gasteiger partial charge >= 0.3 is 0 Å². The van der Waals surface area contributed by atoms with Gasteiger partial charge in [-0.05, 0) is 36.8 Å². The highest BCUT2D eigenvalue weighted by atomic mass is 16.5. The van der Waals surface area contributed by atoms with E-state index >= 15 is 0 Å². The number of ether oxygens (including phenoxy) is 1. The molecule has 18 heavy (non-hydrogen) atoms. The molecule has 2 N–H and O–H groups in total. The largest absolute Gasteiger partial charge is 0.505 e. The molecule has 1 saturated carbocycles. The van der Waals surface area contributed by atoms with Crippen molar-refractivity contribution in [3.8, 4) is 5.75 Å². The predicted octanol–water partition coefficient (Wildman–Crippen LogP) is 1.33. The van der Waals surface area contributed by atoms with E-state index in [1.165, 1.54) is 12.3 Å². The molecule has 0 bridgehead atoms. The topological polar surface area (TPSA) is 71.5 Å². The molecule has 1 fully saturated rings. The lowest BCUT2D eigenvalue weighted by atomic mass is 10.0. The third kappa shape index (κ3) is 2.98. The number of carbonyl (C=O) groups excluding carboxylic acids is 1. The highest BCUT2D eigenvalue weighted by Gasteiger charge is 2.42. The van der Waals surface area contributed by atoms with Crippen molar-refractivity contribution in [1.82, 2.24) is 10.3 Å². The maximum Gasteiger partial charge on any atom is 0.273 e. The zero-order valence-corrected chi connectivity index (χ0v) is 10.5. The third-order valence-electron chi connectivity index (χ3n) is 3.42. The molecule has 98 valence electrons. The second kappa shape index (κ2) is 5.35. The van der Waals surface area contributed by atoms with Gasteiger partial charge in [0.15, 0.2) is 5.69 Å². The summed E-state index contributed by atoms with van der Waals surface area (Å²) in [5, 5.41) is 12.4. The average Bonchev–Trinajstić information content (AvgIpc) is 3.15. The number of pyridine rings is 1. The molecule has 1 aliphatic carbocycles. The fourth-order valence-electron chi connectivity index (χ4n) is 1.93. The molecule has 5 nitrogen and oxygen atoms in total. The van der Waals surface area contributed by atoms with Crippen LogP contribution in [-0.2, 0) is 4.74 Å². The Bertz CT molecular complexity index is 430. The number of hydrogen-bond acceptors (Lipinski definition) is 4. The second-order valence-corrected chi connectivity index (χ2v) is 4.80. The van der Waals surface area contributed by atoms with Crippen molar-refractivity contribution in [3.05, 3.63) is 24.0 Å². The van der Waals surface area contributed by atoms with Gasteiger partial charge in [-0.2, -0.15) is 0 Å². The minimum absolute atomic E-state index is 0.0834. The Labute approximate surface area is 106 Å². The van der Waals surface area contributed by atoms with E-state index in [0.717, 1.165) is 19.3 Å². The van der Waals surface area contributed by atoms with Crippen molar-refractivity contribution in [2.24, 2.45) is 5.41 Å². The molecular formula is C13H18N2O3. The number of aromatic nitrogens is 1. The van der Waals surface area contributed by atoms with Gasteiger partial charge in [-0.3, -0.25) is 4.79 Å². The molecule has 0 aliphatic heterocycles. The van der Waals surface area contributed by atoms with Crippen LogP contribution in [-0.4, -0.2) is 36.3 Å². The van der Waals surface area contributed by atoms with E-state index in [9.17, 15) is 9.90 Å². The monoisotopic (exact) mass is 250 g/mol. The first-order valence-corrected chi connectivity index (χ1v) is 6.08. The number of rotatable bonds is 6. The smallest absolute Gasteiger partial charge is 0.273 e. The van der Waals surface area contributed by atoms with Crippen molar-refractivity contribution in [3.63, 3.8) is 0 Å². The van der Waals surface area contributed by atoms with Gasteiger partial charge in [0.2, 0.25) is 0 Å². The molecule has 1 amide bonds. The molecule has 0 radical (unpaired) electrons. The van der Waals surface area contributed by atoms with Crippen LogP contribution in [0.5, 0.6) is 5.75 Å². The summed E-state index contributed by atoms with van der Waals surface area (Å²) in [6.45, 7) is 1.33. The van der Waals surface area contributed by atoms with Crippen LogP contribution in [0.1, 0.15) is 29.8 Å². The Hall–Kier alpha value is -1.62. The first kappa shape index (κ1) is 12.8. The maximum absolute atomic E-state index is 11.8. The van der Waals surface area contributed by atoms with Crippen LogP contribution in [0.15, 0.2) is 18.3 Å². The molecule has 5 heteroatoms. The molecule has 0 unspecified atom stereocenters. The van der Waals surface area contributed by atoms with Crippen LogP contribution in [0.3, 0.4) is 0 Å². The normalized spacial score (nSPS) is 16.3. The highest BCUT2D eigenvalue weighted by Crippen LogP contribution is 2.48. The lowest BCUT2D eigenvalue weighted by molar-refractivity contribution is 0.0930. The quantitative estimate of drug-likeness (QED) is 0.799. The first-order chi connectivity index (χ1) is 8.67. The van der Waals surface area contributed by atoms with E-state index in [-0.39, 0.29) is 22.8 Å². The summed E-state index contributed by atoms with van der Waals surface area (Å²) in [7, 11) is 1.68. The Balaban J connectivity index is 1.87. The lowest BCUT2D eigenvalue weighted by Crippen LogP contribution is -2.31. The number of methoxy groups -OCH3 is 1. The van der Waals surface area contributed by atoms with Crippen molar-refractivity contribution >= 4 is 5.91 Å². The van der Waals surface area contributed by atoms with Crippen molar-refractivity contribution < 1.29 is 14.6 Å². The summed E-state index contributed by atoms with van der Waals surface area (Å²) in [4.78, 5) is 15.7. The van der Waals surface area contributed by atoms with Gasteiger partial charge in [0, 0.05) is 26.5 Å². The van der Waals surface area contributed by atoms with Crippen molar-refractivity contribution in [1.29, 1.82) is 0 Å². The van der Waals surface area contributed by atoms with Gasteiger partial charge in [0.05, 0.1) is 0 Å². The van der Waals surface area contributed by atoms with E-state index in [2.05, 4.69) is 10.3 Å². The number of nitrogens with zero attached hydrogens (tertiary/aromatic N) is 1. The van der Waals surface area contributed by atoms with E-state index in [1.54, 1.807) is 13.2 Å². The van der Waals surface area contributed by atoms with Gasteiger partial charge in [0.1, 0.15) is 5.75 Å². The maximum atomic E-state index is 11.8. The Kier molecular flexibility index (Phi) is 3.81. The van der Waals surface area contributed by atoms with E-state index in [4.69, 9.17) is 4.74 Å². The average molecular weight is 250 g/mol. The van der Waals surface area contributed by atoms with Gasteiger partial charge in [0.25, 0.3) is 5.91 Å². The molecule has 0 aromatic carbocycles. The van der Waals surface area contributed by atoms with Crippen molar-refractivity contribution in [2.45, 2.75) is 19.3 Å². The fourth-order valence-corrected chi connectivity index (χ4v) is 1.93. The van der Waals surface area contributed by atoms with Crippen LogP contribution in [0.4, 0.5) is 0 Å². The van der Waals surface area contributed by atoms with Gasteiger partial charge in [-0.1, -0.05) is 0 Å². The van der Waals surface area contributed by atoms with Crippen LogP contribution in [0.2, 0.25) is 0 Å². The van der Waals surface area contributed by atoms with Crippen LogP contribution in [0.25, 0.3) is 0 Å². The summed E-state index contributed by atoms with van der Waals surface area (Å²) in [6, 6.07) is 3.05. The number of aromatic hydroxyl groups is 1. The molecule has 0 atom stereocenters. The number of carbonyl (C=O) groups is 1. The third-order valence-corrected chi connectivity index (χ3v) is 3.42. The summed E-state index contributed by atoms with van der Waals surface area (Å²) in [5.74, 6) is -0.409. The Morgan fingerprint density at radius 2 is 2.39 bits per heavy atom. The van der Waals surface area contributed by atoms with Crippen LogP contribution >= 0.6 is 0 Å². The van der Waals surface area contributed by atoms with Crippen molar-refractivity contribution in [2.75, 3.05) is 20.3 Å². The molecule has 1 heterocycles. The van der Waals surface area contributed by atoms with Gasteiger partial charge in [-0.25, -0.2) is 4.98 Å². The Morgan fingerprint density at radius 3 is 3.00 bits per heavy atom. The summed E-state index contributed by atoms with van der Waals surface area (Å²) < 4.78 is 5.06. The zero-order chi connectivity index (χ0) is 13.0. The number of nitrogens with one attached hydrogen (secondary N) is 1. The molecule has 0 saturated heterocycles. The minimum atomic E-state index is -0.322. The minimum Gasteiger partial charge on any atom is -0.505 e. The summed E-state index contributed by atoms with van der Waals surface area (Å²) in [5.41, 5.74) is 0.274. The Morgan fingerprint density at radius 1 is 1.61 bits per heavy atom. The molecular weight excluding hydrogens is 232 g/mol. The predicted molar refractivity (Wildman–Crippen MR) is 66.4 cm³/mol. The van der Waals surface area contributed by atoms with Crippen LogP contribution in [0, 0.1) is 5.41 Å². The highest BCUT2D eigenvalue weighted by molar-refractivity contribution is 5.94. The molecule has 1 aliphatic rings. The fraction of sp³-hybridized carbons (Fsp3) is 0.538. The van der Waals surface area contributed by atoms with Crippen LogP contribution < -0.4 is 5.32 Å². The van der Waals surface area contributed by atoms with E-state index in [1.807, 2.05) is 0 Å². The van der Waals surface area contributed by atoms with Gasteiger partial charge in [-0.15, -0.1) is 0 Å². The molecule has 1 aromatic heterocycles. The van der Waals surface area contributed by atoms with E-state index < -0.39 is 0 Å².